The molecule has 1 saturated heterocycles. The summed E-state index contributed by atoms with van der Waals surface area (Å²) in [5.74, 6) is 1.22. The fourth-order valence-electron chi connectivity index (χ4n) is 3.73. The zero-order valence-corrected chi connectivity index (χ0v) is 20.6. The molecule has 2 aromatic carbocycles. The summed E-state index contributed by atoms with van der Waals surface area (Å²) in [7, 11) is -0.832. The van der Waals surface area contributed by atoms with Gasteiger partial charge >= 0.3 is 0 Å². The SMILES string of the molecule is COc1ccc(S(=O)(=O)NCc2cccc(C(=O)NCCC3CCCNC3)c2)cc1OC.Cl. The topological polar surface area (TPSA) is 106 Å². The number of carbonyl (C=O) groups is 1. The van der Waals surface area contributed by atoms with Crippen LogP contribution < -0.4 is 24.8 Å². The highest BCUT2D eigenvalue weighted by atomic mass is 35.5. The molecule has 0 aliphatic carbocycles. The molecule has 8 nitrogen and oxygen atoms in total. The predicted octanol–water partition coefficient (Wildman–Crippen LogP) is 2.72. The Morgan fingerprint density at radius 3 is 2.61 bits per heavy atom. The summed E-state index contributed by atoms with van der Waals surface area (Å²) < 4.78 is 38.3. The maximum atomic E-state index is 12.7. The van der Waals surface area contributed by atoms with Gasteiger partial charge in [-0.3, -0.25) is 4.79 Å². The molecule has 3 N–H and O–H groups in total. The van der Waals surface area contributed by atoms with E-state index in [4.69, 9.17) is 9.47 Å². The van der Waals surface area contributed by atoms with Crippen molar-refractivity contribution in [3.63, 3.8) is 0 Å². The molecular formula is C23H32ClN3O5S. The monoisotopic (exact) mass is 497 g/mol. The van der Waals surface area contributed by atoms with Crippen molar-refractivity contribution in [2.75, 3.05) is 33.9 Å². The zero-order chi connectivity index (χ0) is 23.0. The molecule has 1 fully saturated rings. The van der Waals surface area contributed by atoms with Gasteiger partial charge in [-0.1, -0.05) is 12.1 Å². The molecule has 0 saturated carbocycles. The highest BCUT2D eigenvalue weighted by Crippen LogP contribution is 2.29. The van der Waals surface area contributed by atoms with Gasteiger partial charge in [-0.2, -0.15) is 0 Å². The zero-order valence-electron chi connectivity index (χ0n) is 18.9. The second-order valence-electron chi connectivity index (χ2n) is 7.80. The first-order valence-corrected chi connectivity index (χ1v) is 12.2. The number of benzene rings is 2. The normalized spacial score (nSPS) is 15.9. The molecule has 1 unspecified atom stereocenters. The number of hydrogen-bond donors (Lipinski definition) is 3. The Labute approximate surface area is 201 Å². The Morgan fingerprint density at radius 1 is 1.12 bits per heavy atom. The van der Waals surface area contributed by atoms with Gasteiger partial charge in [-0.25, -0.2) is 13.1 Å². The number of rotatable bonds is 10. The average molecular weight is 498 g/mol. The quantitative estimate of drug-likeness (QED) is 0.466. The summed E-state index contributed by atoms with van der Waals surface area (Å²) >= 11 is 0. The molecule has 1 amide bonds. The molecule has 0 spiro atoms. The van der Waals surface area contributed by atoms with Gasteiger partial charge in [0, 0.05) is 24.7 Å². The minimum atomic E-state index is -3.77. The number of halogens is 1. The Bertz CT molecular complexity index is 1030. The third-order valence-corrected chi connectivity index (χ3v) is 6.96. The highest BCUT2D eigenvalue weighted by molar-refractivity contribution is 7.89. The summed E-state index contributed by atoms with van der Waals surface area (Å²) in [4.78, 5) is 12.6. The third kappa shape index (κ3) is 7.60. The number of nitrogens with one attached hydrogen (secondary N) is 3. The number of hydrogen-bond acceptors (Lipinski definition) is 6. The lowest BCUT2D eigenvalue weighted by atomic mass is 9.96. The van der Waals surface area contributed by atoms with E-state index in [1.165, 1.54) is 39.2 Å². The van der Waals surface area contributed by atoms with Crippen LogP contribution in [0.4, 0.5) is 0 Å². The first-order valence-electron chi connectivity index (χ1n) is 10.7. The van der Waals surface area contributed by atoms with Crippen molar-refractivity contribution >= 4 is 28.3 Å². The molecule has 3 rings (SSSR count). The van der Waals surface area contributed by atoms with Crippen LogP contribution in [0, 0.1) is 5.92 Å². The van der Waals surface area contributed by atoms with Crippen LogP contribution in [-0.2, 0) is 16.6 Å². The number of piperidine rings is 1. The van der Waals surface area contributed by atoms with Crippen molar-refractivity contribution in [1.29, 1.82) is 0 Å². The van der Waals surface area contributed by atoms with Gasteiger partial charge < -0.3 is 20.1 Å². The van der Waals surface area contributed by atoms with Crippen LogP contribution >= 0.6 is 12.4 Å². The minimum Gasteiger partial charge on any atom is -0.493 e. The van der Waals surface area contributed by atoms with Crippen LogP contribution in [0.5, 0.6) is 11.5 Å². The average Bonchev–Trinajstić information content (AvgIpc) is 2.83. The summed E-state index contributed by atoms with van der Waals surface area (Å²) in [5, 5.41) is 6.34. The Morgan fingerprint density at radius 2 is 1.91 bits per heavy atom. The van der Waals surface area contributed by atoms with Gasteiger partial charge in [-0.05, 0) is 68.1 Å². The van der Waals surface area contributed by atoms with Crippen LogP contribution in [0.2, 0.25) is 0 Å². The van der Waals surface area contributed by atoms with Crippen LogP contribution in [0.3, 0.4) is 0 Å². The predicted molar refractivity (Wildman–Crippen MR) is 130 cm³/mol. The van der Waals surface area contributed by atoms with Crippen molar-refractivity contribution in [3.8, 4) is 11.5 Å². The summed E-state index contributed by atoms with van der Waals surface area (Å²) in [6, 6.07) is 11.4. The van der Waals surface area contributed by atoms with E-state index in [-0.39, 0.29) is 29.8 Å². The van der Waals surface area contributed by atoms with Gasteiger partial charge in [0.2, 0.25) is 10.0 Å². The molecule has 10 heteroatoms. The smallest absolute Gasteiger partial charge is 0.251 e. The second-order valence-corrected chi connectivity index (χ2v) is 9.57. The molecule has 1 aliphatic heterocycles. The van der Waals surface area contributed by atoms with Crippen molar-refractivity contribution in [2.45, 2.75) is 30.7 Å². The van der Waals surface area contributed by atoms with Gasteiger partial charge in [0.15, 0.2) is 11.5 Å². The van der Waals surface area contributed by atoms with Crippen LogP contribution in [0.1, 0.15) is 35.2 Å². The van der Waals surface area contributed by atoms with Crippen LogP contribution in [0.15, 0.2) is 47.4 Å². The van der Waals surface area contributed by atoms with Crippen molar-refractivity contribution in [3.05, 3.63) is 53.6 Å². The highest BCUT2D eigenvalue weighted by Gasteiger charge is 2.17. The standard InChI is InChI=1S/C23H31N3O5S.ClH/c1-30-21-9-8-20(14-22(21)31-2)32(28,29)26-16-18-5-3-7-19(13-18)23(27)25-12-10-17-6-4-11-24-15-17;/h3,5,7-9,13-14,17,24,26H,4,6,10-12,15-16H2,1-2H3,(H,25,27);1H. The fourth-order valence-corrected chi connectivity index (χ4v) is 4.76. The van der Waals surface area contributed by atoms with Crippen molar-refractivity contribution in [2.24, 2.45) is 5.92 Å². The van der Waals surface area contributed by atoms with E-state index in [1.54, 1.807) is 30.3 Å². The number of methoxy groups -OCH3 is 2. The number of sulfonamides is 1. The maximum absolute atomic E-state index is 12.7. The molecule has 1 aliphatic rings. The van der Waals surface area contributed by atoms with E-state index < -0.39 is 10.0 Å². The summed E-state index contributed by atoms with van der Waals surface area (Å²) in [6.07, 6.45) is 3.32. The molecular weight excluding hydrogens is 466 g/mol. The van der Waals surface area contributed by atoms with Gasteiger partial charge in [0.1, 0.15) is 0 Å². The van der Waals surface area contributed by atoms with Gasteiger partial charge in [0.25, 0.3) is 5.91 Å². The minimum absolute atomic E-state index is 0. The van der Waals surface area contributed by atoms with Crippen molar-refractivity contribution < 1.29 is 22.7 Å². The van der Waals surface area contributed by atoms with E-state index in [1.807, 2.05) is 0 Å². The van der Waals surface area contributed by atoms with Crippen LogP contribution in [-0.4, -0.2) is 48.2 Å². The largest absolute Gasteiger partial charge is 0.493 e. The first kappa shape index (κ1) is 26.9. The lowest BCUT2D eigenvalue weighted by Gasteiger charge is -2.22. The van der Waals surface area contributed by atoms with Crippen LogP contribution in [0.25, 0.3) is 0 Å². The molecule has 1 atom stereocenters. The molecule has 33 heavy (non-hydrogen) atoms. The molecule has 2 aromatic rings. The Hall–Kier alpha value is -2.33. The molecule has 1 heterocycles. The van der Waals surface area contributed by atoms with E-state index in [2.05, 4.69) is 15.4 Å². The molecule has 0 bridgehead atoms. The molecule has 182 valence electrons. The summed E-state index contributed by atoms with van der Waals surface area (Å²) in [6.45, 7) is 2.77. The van der Waals surface area contributed by atoms with E-state index in [0.29, 0.717) is 35.1 Å². The molecule has 0 aromatic heterocycles. The van der Waals surface area contributed by atoms with E-state index in [0.717, 1.165) is 19.5 Å². The number of carbonyl (C=O) groups excluding carboxylic acids is 1. The number of amides is 1. The summed E-state index contributed by atoms with van der Waals surface area (Å²) in [5.41, 5.74) is 1.20. The molecule has 0 radical (unpaired) electrons. The second kappa shape index (κ2) is 12.8. The fraction of sp³-hybridized carbons (Fsp3) is 0.435. The lowest BCUT2D eigenvalue weighted by Crippen LogP contribution is -2.33. The Balaban J connectivity index is 0.00000385. The van der Waals surface area contributed by atoms with E-state index in [9.17, 15) is 13.2 Å². The third-order valence-electron chi connectivity index (χ3n) is 5.56. The number of ether oxygens (including phenoxy) is 2. The Kier molecular flexibility index (Phi) is 10.4. The maximum Gasteiger partial charge on any atom is 0.251 e. The van der Waals surface area contributed by atoms with Gasteiger partial charge in [0.05, 0.1) is 19.1 Å². The lowest BCUT2D eigenvalue weighted by molar-refractivity contribution is 0.0950. The first-order chi connectivity index (χ1) is 15.4. The van der Waals surface area contributed by atoms with E-state index >= 15 is 0 Å². The van der Waals surface area contributed by atoms with Crippen molar-refractivity contribution in [1.82, 2.24) is 15.4 Å². The van der Waals surface area contributed by atoms with Gasteiger partial charge in [-0.15, -0.1) is 12.4 Å².